The lowest BCUT2D eigenvalue weighted by molar-refractivity contribution is 0.304. The smallest absolute Gasteiger partial charge is 0.0649 e. The maximum atomic E-state index is 9.02. The Balaban J connectivity index is 2.16. The Hall–Kier alpha value is -2.01. The van der Waals surface area contributed by atoms with Crippen molar-refractivity contribution in [2.24, 2.45) is 7.05 Å². The fourth-order valence-corrected chi connectivity index (χ4v) is 2.97. The molecule has 5 nitrogen and oxygen atoms in total. The predicted molar refractivity (Wildman–Crippen MR) is 96.1 cm³/mol. The third-order valence-corrected chi connectivity index (χ3v) is 4.41. The van der Waals surface area contributed by atoms with Gasteiger partial charge in [0.25, 0.3) is 0 Å². The maximum Gasteiger partial charge on any atom is 0.0649 e. The van der Waals surface area contributed by atoms with Gasteiger partial charge in [-0.25, -0.2) is 0 Å². The normalized spacial score (nSPS) is 12.3. The molecule has 126 valence electrons. The molecule has 1 atom stereocenters. The van der Waals surface area contributed by atoms with Crippen LogP contribution >= 0.6 is 0 Å². The van der Waals surface area contributed by atoms with Crippen molar-refractivity contribution in [1.82, 2.24) is 9.78 Å². The van der Waals surface area contributed by atoms with E-state index < -0.39 is 0 Å². The summed E-state index contributed by atoms with van der Waals surface area (Å²) in [5.41, 5.74) is 5.79. The summed E-state index contributed by atoms with van der Waals surface area (Å²) in [4.78, 5) is 2.04. The quantitative estimate of drug-likeness (QED) is 0.824. The number of likely N-dealkylation sites (N-methyl/N-ethyl adjacent to an activating group) is 1. The first-order chi connectivity index (χ1) is 11.0. The summed E-state index contributed by atoms with van der Waals surface area (Å²) in [6.07, 6.45) is 1.000. The van der Waals surface area contributed by atoms with Crippen LogP contribution in [0.1, 0.15) is 36.3 Å². The van der Waals surface area contributed by atoms with E-state index in [0.717, 1.165) is 23.5 Å². The summed E-state index contributed by atoms with van der Waals surface area (Å²) in [5.74, 6) is 0. The number of anilines is 2. The molecule has 2 N–H and O–H groups in total. The predicted octanol–water partition coefficient (Wildman–Crippen LogP) is 3.03. The van der Waals surface area contributed by atoms with Crippen LogP contribution in [0.2, 0.25) is 0 Å². The zero-order valence-corrected chi connectivity index (χ0v) is 14.8. The molecule has 1 unspecified atom stereocenters. The van der Waals surface area contributed by atoms with Gasteiger partial charge in [0.15, 0.2) is 0 Å². The van der Waals surface area contributed by atoms with Gasteiger partial charge in [0.1, 0.15) is 0 Å². The minimum absolute atomic E-state index is 0.161. The van der Waals surface area contributed by atoms with Crippen LogP contribution in [0.25, 0.3) is 0 Å². The topological polar surface area (TPSA) is 53.3 Å². The molecule has 2 rings (SSSR count). The van der Waals surface area contributed by atoms with E-state index in [1.54, 1.807) is 0 Å². The molecule has 0 aliphatic rings. The molecule has 2 aromatic rings. The molecule has 0 amide bonds. The lowest BCUT2D eigenvalue weighted by Crippen LogP contribution is -2.21. The first-order valence-electron chi connectivity index (χ1n) is 8.16. The Bertz CT molecular complexity index is 633. The van der Waals surface area contributed by atoms with Crippen LogP contribution < -0.4 is 10.2 Å². The first-order valence-corrected chi connectivity index (χ1v) is 8.16. The van der Waals surface area contributed by atoms with Crippen LogP contribution in [0.4, 0.5) is 11.4 Å². The summed E-state index contributed by atoms with van der Waals surface area (Å²) >= 11 is 0. The Labute approximate surface area is 138 Å². The SMILES string of the molecule is CCC(Nc1ccc(N(C)CCO)cc1)c1c(C)nn(C)c1C. The summed E-state index contributed by atoms with van der Waals surface area (Å²) in [7, 11) is 3.97. The molecule has 0 fully saturated rings. The number of nitrogens with zero attached hydrogens (tertiary/aromatic N) is 3. The van der Waals surface area contributed by atoms with Crippen LogP contribution in [0.3, 0.4) is 0 Å². The van der Waals surface area contributed by atoms with Crippen LogP contribution in [0.5, 0.6) is 0 Å². The summed E-state index contributed by atoms with van der Waals surface area (Å²) < 4.78 is 1.95. The van der Waals surface area contributed by atoms with Gasteiger partial charge in [0, 0.05) is 43.3 Å². The number of nitrogens with one attached hydrogen (secondary N) is 1. The van der Waals surface area contributed by atoms with E-state index in [0.29, 0.717) is 6.54 Å². The molecule has 1 aromatic heterocycles. The van der Waals surface area contributed by atoms with Crippen molar-refractivity contribution in [2.75, 3.05) is 30.4 Å². The van der Waals surface area contributed by atoms with E-state index in [1.807, 2.05) is 23.7 Å². The standard InChI is InChI=1S/C18H28N4O/c1-6-17(18-13(2)20-22(5)14(18)3)19-15-7-9-16(10-8-15)21(4)11-12-23/h7-10,17,19,23H,6,11-12H2,1-5H3. The molecule has 0 saturated carbocycles. The van der Waals surface area contributed by atoms with Gasteiger partial charge in [-0.1, -0.05) is 6.92 Å². The van der Waals surface area contributed by atoms with Gasteiger partial charge in [-0.2, -0.15) is 5.10 Å². The molecule has 0 radical (unpaired) electrons. The molecule has 0 saturated heterocycles. The van der Waals surface area contributed by atoms with E-state index in [2.05, 4.69) is 55.5 Å². The largest absolute Gasteiger partial charge is 0.395 e. The second kappa shape index (κ2) is 7.51. The average molecular weight is 316 g/mol. The number of hydrogen-bond donors (Lipinski definition) is 2. The second-order valence-electron chi connectivity index (χ2n) is 6.01. The monoisotopic (exact) mass is 316 g/mol. The van der Waals surface area contributed by atoms with Crippen molar-refractivity contribution in [3.63, 3.8) is 0 Å². The molecule has 0 aliphatic carbocycles. The van der Waals surface area contributed by atoms with Gasteiger partial charge in [-0.3, -0.25) is 4.68 Å². The van der Waals surface area contributed by atoms with Crippen LogP contribution in [0.15, 0.2) is 24.3 Å². The van der Waals surface area contributed by atoms with E-state index in [1.165, 1.54) is 11.3 Å². The molecule has 1 heterocycles. The second-order valence-corrected chi connectivity index (χ2v) is 6.01. The number of aromatic nitrogens is 2. The third-order valence-electron chi connectivity index (χ3n) is 4.41. The number of benzene rings is 1. The van der Waals surface area contributed by atoms with Gasteiger partial charge in [-0.15, -0.1) is 0 Å². The fraction of sp³-hybridized carbons (Fsp3) is 0.500. The minimum Gasteiger partial charge on any atom is -0.395 e. The number of aliphatic hydroxyl groups is 1. The van der Waals surface area contributed by atoms with Crippen molar-refractivity contribution < 1.29 is 5.11 Å². The molecule has 23 heavy (non-hydrogen) atoms. The van der Waals surface area contributed by atoms with Crippen LogP contribution in [0, 0.1) is 13.8 Å². The van der Waals surface area contributed by atoms with Crippen molar-refractivity contribution >= 4 is 11.4 Å². The number of hydrogen-bond acceptors (Lipinski definition) is 4. The fourth-order valence-electron chi connectivity index (χ4n) is 2.97. The molecule has 5 heteroatoms. The Morgan fingerprint density at radius 1 is 1.26 bits per heavy atom. The Morgan fingerprint density at radius 2 is 1.91 bits per heavy atom. The van der Waals surface area contributed by atoms with Gasteiger partial charge in [0.05, 0.1) is 18.3 Å². The summed E-state index contributed by atoms with van der Waals surface area (Å²) in [6, 6.07) is 8.59. The van der Waals surface area contributed by atoms with E-state index >= 15 is 0 Å². The molecular weight excluding hydrogens is 288 g/mol. The van der Waals surface area contributed by atoms with E-state index in [-0.39, 0.29) is 12.6 Å². The summed E-state index contributed by atoms with van der Waals surface area (Å²) in [5, 5.41) is 17.2. The van der Waals surface area contributed by atoms with Gasteiger partial charge < -0.3 is 15.3 Å². The van der Waals surface area contributed by atoms with Crippen molar-refractivity contribution in [1.29, 1.82) is 0 Å². The highest BCUT2D eigenvalue weighted by Crippen LogP contribution is 2.28. The highest BCUT2D eigenvalue weighted by Gasteiger charge is 2.18. The number of rotatable bonds is 7. The molecule has 0 aliphatic heterocycles. The van der Waals surface area contributed by atoms with E-state index in [4.69, 9.17) is 5.11 Å². The Kier molecular flexibility index (Phi) is 5.66. The minimum atomic E-state index is 0.161. The Morgan fingerprint density at radius 3 is 2.39 bits per heavy atom. The average Bonchev–Trinajstić information content (AvgIpc) is 2.79. The first kappa shape index (κ1) is 17.3. The molecular formula is C18H28N4O. The highest BCUT2D eigenvalue weighted by molar-refractivity contribution is 5.55. The van der Waals surface area contributed by atoms with Crippen molar-refractivity contribution in [2.45, 2.75) is 33.2 Å². The molecule has 0 bridgehead atoms. The lowest BCUT2D eigenvalue weighted by Gasteiger charge is -2.21. The highest BCUT2D eigenvalue weighted by atomic mass is 16.3. The van der Waals surface area contributed by atoms with Crippen molar-refractivity contribution in [3.05, 3.63) is 41.2 Å². The van der Waals surface area contributed by atoms with Crippen LogP contribution in [-0.4, -0.2) is 35.1 Å². The summed E-state index contributed by atoms with van der Waals surface area (Å²) in [6.45, 7) is 7.17. The lowest BCUT2D eigenvalue weighted by atomic mass is 10.0. The number of aryl methyl sites for hydroxylation is 2. The molecule has 0 spiro atoms. The van der Waals surface area contributed by atoms with Gasteiger partial charge >= 0.3 is 0 Å². The van der Waals surface area contributed by atoms with E-state index in [9.17, 15) is 0 Å². The van der Waals surface area contributed by atoms with Gasteiger partial charge in [-0.05, 0) is 44.5 Å². The number of aliphatic hydroxyl groups excluding tert-OH is 1. The van der Waals surface area contributed by atoms with Gasteiger partial charge in [0.2, 0.25) is 0 Å². The van der Waals surface area contributed by atoms with Crippen LogP contribution in [-0.2, 0) is 7.05 Å². The molecule has 1 aromatic carbocycles. The zero-order chi connectivity index (χ0) is 17.0. The zero-order valence-electron chi connectivity index (χ0n) is 14.8. The third kappa shape index (κ3) is 3.85. The van der Waals surface area contributed by atoms with Crippen molar-refractivity contribution in [3.8, 4) is 0 Å². The maximum absolute atomic E-state index is 9.02.